The van der Waals surface area contributed by atoms with Crippen LogP contribution in [0.3, 0.4) is 0 Å². The minimum atomic E-state index is -1.07. The van der Waals surface area contributed by atoms with Gasteiger partial charge in [-0.15, -0.1) is 5.10 Å². The number of anilines is 1. The molecule has 0 aliphatic rings. The van der Waals surface area contributed by atoms with E-state index < -0.39 is 6.04 Å². The van der Waals surface area contributed by atoms with Gasteiger partial charge in [0.1, 0.15) is 23.6 Å². The molecule has 4 rings (SSSR count). The lowest BCUT2D eigenvalue weighted by molar-refractivity contribution is -0.127. The summed E-state index contributed by atoms with van der Waals surface area (Å²) in [6.45, 7) is 6.28. The molecule has 0 aliphatic heterocycles. The minimum Gasteiger partial charge on any atom is -0.493 e. The fraction of sp³-hybridized carbons (Fsp3) is 0.357. The van der Waals surface area contributed by atoms with Gasteiger partial charge in [0.25, 0.3) is 5.91 Å². The number of para-hydroxylation sites is 1. The molecule has 0 radical (unpaired) electrons. The van der Waals surface area contributed by atoms with Crippen molar-refractivity contribution in [2.45, 2.75) is 39.8 Å². The first-order valence-electron chi connectivity index (χ1n) is 12.5. The molecule has 10 heteroatoms. The average Bonchev–Trinajstić information content (AvgIpc) is 3.52. The van der Waals surface area contributed by atoms with E-state index in [1.807, 2.05) is 24.3 Å². The van der Waals surface area contributed by atoms with Gasteiger partial charge >= 0.3 is 0 Å². The van der Waals surface area contributed by atoms with Crippen molar-refractivity contribution in [1.29, 1.82) is 0 Å². The third kappa shape index (κ3) is 5.80. The van der Waals surface area contributed by atoms with Crippen molar-refractivity contribution in [2.24, 2.45) is 5.92 Å². The van der Waals surface area contributed by atoms with Crippen LogP contribution in [0.25, 0.3) is 11.0 Å². The summed E-state index contributed by atoms with van der Waals surface area (Å²) in [6.07, 6.45) is 0.797. The third-order valence-electron chi connectivity index (χ3n) is 6.18. The predicted molar refractivity (Wildman–Crippen MR) is 143 cm³/mol. The van der Waals surface area contributed by atoms with E-state index in [-0.39, 0.29) is 18.4 Å². The maximum atomic E-state index is 14.1. The zero-order chi connectivity index (χ0) is 27.2. The molecule has 2 aromatic heterocycles. The van der Waals surface area contributed by atoms with E-state index in [0.29, 0.717) is 52.2 Å². The van der Waals surface area contributed by atoms with Crippen LogP contribution in [-0.2, 0) is 16.1 Å². The van der Waals surface area contributed by atoms with Gasteiger partial charge in [0, 0.05) is 18.3 Å². The van der Waals surface area contributed by atoms with Crippen LogP contribution in [0.2, 0.25) is 0 Å². The number of methoxy groups -OCH3 is 2. The molecule has 2 amide bonds. The molecule has 0 saturated carbocycles. The Morgan fingerprint density at radius 2 is 1.82 bits per heavy atom. The molecule has 4 aromatic rings. The largest absolute Gasteiger partial charge is 0.493 e. The van der Waals surface area contributed by atoms with E-state index in [1.54, 1.807) is 37.3 Å². The molecule has 10 nitrogen and oxygen atoms in total. The Kier molecular flexibility index (Phi) is 8.30. The predicted octanol–water partition coefficient (Wildman–Crippen LogP) is 4.29. The molecule has 0 bridgehead atoms. The lowest BCUT2D eigenvalue weighted by Gasteiger charge is -2.30. The van der Waals surface area contributed by atoms with E-state index in [1.165, 1.54) is 23.8 Å². The Balaban J connectivity index is 1.79. The smallest absolute Gasteiger partial charge is 0.251 e. The van der Waals surface area contributed by atoms with Gasteiger partial charge in [0.2, 0.25) is 5.91 Å². The van der Waals surface area contributed by atoms with Crippen LogP contribution in [0.1, 0.15) is 37.8 Å². The van der Waals surface area contributed by atoms with E-state index >= 15 is 0 Å². The highest BCUT2D eigenvalue weighted by atomic mass is 16.5. The summed E-state index contributed by atoms with van der Waals surface area (Å²) < 4.78 is 18.3. The summed E-state index contributed by atoms with van der Waals surface area (Å²) in [5.41, 5.74) is 1.82. The molecule has 1 N–H and O–H groups in total. The average molecular weight is 520 g/mol. The second kappa shape index (κ2) is 11.8. The van der Waals surface area contributed by atoms with E-state index in [0.717, 1.165) is 6.42 Å². The summed E-state index contributed by atoms with van der Waals surface area (Å²) in [4.78, 5) is 29.2. The molecule has 0 saturated heterocycles. The first kappa shape index (κ1) is 26.7. The van der Waals surface area contributed by atoms with Gasteiger partial charge in [-0.3, -0.25) is 14.5 Å². The lowest BCUT2D eigenvalue weighted by Crippen LogP contribution is -2.45. The van der Waals surface area contributed by atoms with Crippen LogP contribution < -0.4 is 19.7 Å². The number of fused-ring (bicyclic) bond motifs is 1. The van der Waals surface area contributed by atoms with Crippen LogP contribution in [0.15, 0.2) is 59.0 Å². The molecule has 200 valence electrons. The summed E-state index contributed by atoms with van der Waals surface area (Å²) in [5, 5.41) is 11.3. The number of nitrogens with zero attached hydrogens (tertiary/aromatic N) is 4. The summed E-state index contributed by atoms with van der Waals surface area (Å²) in [5.74, 6) is 1.56. The quantitative estimate of drug-likeness (QED) is 0.315. The second-order valence-electron chi connectivity index (χ2n) is 9.36. The van der Waals surface area contributed by atoms with Gasteiger partial charge in [0.05, 0.1) is 19.7 Å². The Morgan fingerprint density at radius 1 is 1.05 bits per heavy atom. The standard InChI is InChI=1S/C28H33N5O5/c1-18(2)14-15-29-28(35)27(24-12-10-19(3)38-24)33(20-11-13-23(36-4)25(16-20)37-5)26(34)17-32-22-9-7-6-8-21(22)30-31-32/h6-13,16,18,27H,14-15,17H2,1-5H3,(H,29,35)/t27-/m1/s1. The van der Waals surface area contributed by atoms with Crippen LogP contribution in [0, 0.1) is 12.8 Å². The van der Waals surface area contributed by atoms with E-state index in [4.69, 9.17) is 13.9 Å². The molecular weight excluding hydrogens is 486 g/mol. The number of amides is 2. The number of carbonyl (C=O) groups excluding carboxylic acids is 2. The van der Waals surface area contributed by atoms with Crippen molar-refractivity contribution in [3.8, 4) is 11.5 Å². The molecule has 2 heterocycles. The maximum Gasteiger partial charge on any atom is 0.251 e. The summed E-state index contributed by atoms with van der Waals surface area (Å²) in [6, 6.07) is 14.9. The first-order valence-corrected chi connectivity index (χ1v) is 12.5. The van der Waals surface area contributed by atoms with Gasteiger partial charge in [0.15, 0.2) is 17.5 Å². The van der Waals surface area contributed by atoms with Crippen LogP contribution in [0.5, 0.6) is 11.5 Å². The van der Waals surface area contributed by atoms with E-state index in [2.05, 4.69) is 29.5 Å². The maximum absolute atomic E-state index is 14.1. The van der Waals surface area contributed by atoms with Crippen molar-refractivity contribution in [1.82, 2.24) is 20.3 Å². The molecule has 1 atom stereocenters. The van der Waals surface area contributed by atoms with Crippen molar-refractivity contribution in [3.05, 3.63) is 66.1 Å². The van der Waals surface area contributed by atoms with Crippen LogP contribution in [0.4, 0.5) is 5.69 Å². The van der Waals surface area contributed by atoms with Gasteiger partial charge in [-0.05, 0) is 55.7 Å². The zero-order valence-electron chi connectivity index (χ0n) is 22.3. The monoisotopic (exact) mass is 519 g/mol. The lowest BCUT2D eigenvalue weighted by atomic mass is 10.1. The number of benzene rings is 2. The fourth-order valence-corrected chi connectivity index (χ4v) is 4.21. The number of aryl methyl sites for hydroxylation is 1. The molecule has 0 fully saturated rings. The topological polar surface area (TPSA) is 112 Å². The Labute approximate surface area is 221 Å². The molecular formula is C28H33N5O5. The Bertz CT molecular complexity index is 1410. The van der Waals surface area contributed by atoms with Crippen LogP contribution in [-0.4, -0.2) is 47.6 Å². The molecule has 0 aliphatic carbocycles. The number of hydrogen-bond acceptors (Lipinski definition) is 7. The Hall–Kier alpha value is -4.34. The second-order valence-corrected chi connectivity index (χ2v) is 9.36. The minimum absolute atomic E-state index is 0.148. The van der Waals surface area contributed by atoms with Gasteiger partial charge in [-0.25, -0.2) is 4.68 Å². The highest BCUT2D eigenvalue weighted by Gasteiger charge is 2.36. The van der Waals surface area contributed by atoms with Crippen molar-refractivity contribution in [2.75, 3.05) is 25.7 Å². The number of rotatable bonds is 11. The molecule has 2 aromatic carbocycles. The van der Waals surface area contributed by atoms with Gasteiger partial charge < -0.3 is 19.2 Å². The van der Waals surface area contributed by atoms with Crippen molar-refractivity contribution in [3.63, 3.8) is 0 Å². The SMILES string of the molecule is COc1ccc(N(C(=O)Cn2nnc3ccccc32)[C@@H](C(=O)NCCC(C)C)c2ccc(C)o2)cc1OC. The van der Waals surface area contributed by atoms with Gasteiger partial charge in [-0.1, -0.05) is 31.2 Å². The van der Waals surface area contributed by atoms with Crippen molar-refractivity contribution >= 4 is 28.5 Å². The number of aromatic nitrogens is 3. The number of nitrogens with one attached hydrogen (secondary N) is 1. The third-order valence-corrected chi connectivity index (χ3v) is 6.18. The molecule has 0 unspecified atom stereocenters. The first-order chi connectivity index (χ1) is 18.3. The van der Waals surface area contributed by atoms with E-state index in [9.17, 15) is 9.59 Å². The molecule has 38 heavy (non-hydrogen) atoms. The van der Waals surface area contributed by atoms with Crippen LogP contribution >= 0.6 is 0 Å². The highest BCUT2D eigenvalue weighted by molar-refractivity contribution is 6.01. The normalized spacial score (nSPS) is 11.9. The fourth-order valence-electron chi connectivity index (χ4n) is 4.21. The Morgan fingerprint density at radius 3 is 2.50 bits per heavy atom. The summed E-state index contributed by atoms with van der Waals surface area (Å²) >= 11 is 0. The number of furan rings is 1. The zero-order valence-corrected chi connectivity index (χ0v) is 22.3. The number of carbonyl (C=O) groups is 2. The van der Waals surface area contributed by atoms with Crippen molar-refractivity contribution < 1.29 is 23.5 Å². The number of ether oxygens (including phenoxy) is 2. The highest BCUT2D eigenvalue weighted by Crippen LogP contribution is 2.36. The number of hydrogen-bond donors (Lipinski definition) is 1. The van der Waals surface area contributed by atoms with Gasteiger partial charge in [-0.2, -0.15) is 0 Å². The molecule has 0 spiro atoms. The summed E-state index contributed by atoms with van der Waals surface area (Å²) in [7, 11) is 3.05.